The Morgan fingerprint density at radius 1 is 1.35 bits per heavy atom. The van der Waals surface area contributed by atoms with Gasteiger partial charge in [0.25, 0.3) is 5.69 Å². The topological polar surface area (TPSA) is 101 Å². The lowest BCUT2D eigenvalue weighted by molar-refractivity contribution is -0.385. The highest BCUT2D eigenvalue weighted by molar-refractivity contribution is 7.89. The molecule has 20 heavy (non-hydrogen) atoms. The van der Waals surface area contributed by atoms with Crippen LogP contribution >= 0.6 is 0 Å². The Labute approximate surface area is 118 Å². The van der Waals surface area contributed by atoms with E-state index in [9.17, 15) is 18.5 Å². The Bertz CT molecular complexity index is 559. The van der Waals surface area contributed by atoms with Crippen LogP contribution in [-0.2, 0) is 10.0 Å². The molecule has 0 aliphatic rings. The molecule has 0 bridgehead atoms. The molecule has 0 saturated heterocycles. The van der Waals surface area contributed by atoms with Crippen LogP contribution in [0.5, 0.6) is 0 Å². The van der Waals surface area contributed by atoms with E-state index in [1.165, 1.54) is 18.2 Å². The number of sulfonamides is 1. The summed E-state index contributed by atoms with van der Waals surface area (Å²) in [7, 11) is -3.82. The lowest BCUT2D eigenvalue weighted by Crippen LogP contribution is -2.34. The van der Waals surface area contributed by atoms with Gasteiger partial charge >= 0.3 is 0 Å². The van der Waals surface area contributed by atoms with Crippen LogP contribution < -0.4 is 0 Å². The summed E-state index contributed by atoms with van der Waals surface area (Å²) in [6.07, 6.45) is 1.47. The highest BCUT2D eigenvalue weighted by Gasteiger charge is 2.25. The fourth-order valence-corrected chi connectivity index (χ4v) is 3.21. The van der Waals surface area contributed by atoms with Gasteiger partial charge in [0.1, 0.15) is 0 Å². The van der Waals surface area contributed by atoms with Crippen molar-refractivity contribution >= 4 is 15.7 Å². The standard InChI is InChI=1S/C12H18N2O5S/c1-2-3-7-13(8-9-15)20(18,19)12-6-4-5-11(10-12)14(16)17/h4-6,10,15H,2-3,7-9H2,1H3. The molecule has 0 amide bonds. The van der Waals surface area contributed by atoms with Crippen LogP contribution in [-0.4, -0.2) is 42.4 Å². The summed E-state index contributed by atoms with van der Waals surface area (Å²) < 4.78 is 25.9. The Kier molecular flexibility index (Phi) is 6.05. The summed E-state index contributed by atoms with van der Waals surface area (Å²) in [5.41, 5.74) is -0.273. The van der Waals surface area contributed by atoms with Crippen molar-refractivity contribution in [2.45, 2.75) is 24.7 Å². The third-order valence-electron chi connectivity index (χ3n) is 2.78. The Morgan fingerprint density at radius 3 is 2.60 bits per heavy atom. The number of non-ortho nitro benzene ring substituents is 1. The minimum absolute atomic E-state index is 0.0228. The molecule has 1 N–H and O–H groups in total. The quantitative estimate of drug-likeness (QED) is 0.577. The molecule has 0 aliphatic heterocycles. The molecular formula is C12H18N2O5S. The number of nitrogens with zero attached hydrogens (tertiary/aromatic N) is 2. The number of aliphatic hydroxyl groups is 1. The van der Waals surface area contributed by atoms with Gasteiger partial charge in [-0.1, -0.05) is 19.4 Å². The van der Waals surface area contributed by atoms with Gasteiger partial charge in [0, 0.05) is 25.2 Å². The number of hydrogen-bond acceptors (Lipinski definition) is 5. The van der Waals surface area contributed by atoms with E-state index < -0.39 is 14.9 Å². The molecule has 7 nitrogen and oxygen atoms in total. The predicted molar refractivity (Wildman–Crippen MR) is 73.8 cm³/mol. The largest absolute Gasteiger partial charge is 0.395 e. The predicted octanol–water partition coefficient (Wildman–Crippen LogP) is 1.38. The summed E-state index contributed by atoms with van der Waals surface area (Å²) in [6.45, 7) is 1.89. The summed E-state index contributed by atoms with van der Waals surface area (Å²) in [4.78, 5) is 9.94. The Hall–Kier alpha value is -1.51. The molecule has 8 heteroatoms. The smallest absolute Gasteiger partial charge is 0.270 e. The molecule has 0 aromatic heterocycles. The molecule has 0 atom stereocenters. The number of aliphatic hydroxyl groups excluding tert-OH is 1. The molecule has 0 fully saturated rings. The summed E-state index contributed by atoms with van der Waals surface area (Å²) in [6, 6.07) is 4.92. The number of unbranched alkanes of at least 4 members (excludes halogenated alkanes) is 1. The molecular weight excluding hydrogens is 284 g/mol. The third kappa shape index (κ3) is 3.99. The number of benzene rings is 1. The van der Waals surface area contributed by atoms with E-state index in [2.05, 4.69) is 0 Å². The molecule has 1 aromatic rings. The lowest BCUT2D eigenvalue weighted by Gasteiger charge is -2.20. The van der Waals surface area contributed by atoms with Crippen LogP contribution in [0.2, 0.25) is 0 Å². The number of hydrogen-bond donors (Lipinski definition) is 1. The van der Waals surface area contributed by atoms with Crippen LogP contribution in [0.3, 0.4) is 0 Å². The van der Waals surface area contributed by atoms with E-state index in [0.717, 1.165) is 16.8 Å². The van der Waals surface area contributed by atoms with E-state index >= 15 is 0 Å². The Balaban J connectivity index is 3.11. The average molecular weight is 302 g/mol. The SMILES string of the molecule is CCCCN(CCO)S(=O)(=O)c1cccc([N+](=O)[O-])c1. The fraction of sp³-hybridized carbons (Fsp3) is 0.500. The molecule has 0 radical (unpaired) electrons. The zero-order valence-corrected chi connectivity index (χ0v) is 12.0. The first-order chi connectivity index (χ1) is 9.43. The summed E-state index contributed by atoms with van der Waals surface area (Å²) in [5.74, 6) is 0. The molecule has 1 rings (SSSR count). The van der Waals surface area contributed by atoms with E-state index in [0.29, 0.717) is 6.42 Å². The fourth-order valence-electron chi connectivity index (χ4n) is 1.70. The van der Waals surface area contributed by atoms with Crippen LogP contribution in [0.4, 0.5) is 5.69 Å². The first-order valence-corrected chi connectivity index (χ1v) is 7.73. The Morgan fingerprint density at radius 2 is 2.05 bits per heavy atom. The van der Waals surface area contributed by atoms with E-state index in [1.807, 2.05) is 6.92 Å². The molecule has 0 unspecified atom stereocenters. The second kappa shape index (κ2) is 7.32. The van der Waals surface area contributed by atoms with Gasteiger partial charge in [0.15, 0.2) is 0 Å². The van der Waals surface area contributed by atoms with Gasteiger partial charge in [-0.25, -0.2) is 8.42 Å². The van der Waals surface area contributed by atoms with Crippen LogP contribution in [0, 0.1) is 10.1 Å². The van der Waals surface area contributed by atoms with Crippen LogP contribution in [0.25, 0.3) is 0 Å². The van der Waals surface area contributed by atoms with Gasteiger partial charge < -0.3 is 5.11 Å². The van der Waals surface area contributed by atoms with Crippen molar-refractivity contribution in [3.63, 3.8) is 0 Å². The van der Waals surface area contributed by atoms with Crippen molar-refractivity contribution in [3.05, 3.63) is 34.4 Å². The third-order valence-corrected chi connectivity index (χ3v) is 4.67. The van der Waals surface area contributed by atoms with Gasteiger partial charge in [0.05, 0.1) is 16.4 Å². The van der Waals surface area contributed by atoms with Gasteiger partial charge in [-0.05, 0) is 12.5 Å². The van der Waals surface area contributed by atoms with Crippen LogP contribution in [0.15, 0.2) is 29.2 Å². The molecule has 0 saturated carbocycles. The number of nitro benzene ring substituents is 1. The molecule has 1 aromatic carbocycles. The number of rotatable bonds is 8. The maximum atomic E-state index is 12.4. The van der Waals surface area contributed by atoms with Gasteiger partial charge in [0.2, 0.25) is 10.0 Å². The molecule has 0 spiro atoms. The molecule has 0 heterocycles. The zero-order chi connectivity index (χ0) is 15.2. The molecule has 112 valence electrons. The van der Waals surface area contributed by atoms with Crippen molar-refractivity contribution in [2.75, 3.05) is 19.7 Å². The summed E-state index contributed by atoms with van der Waals surface area (Å²) in [5, 5.41) is 19.7. The number of nitro groups is 1. The highest BCUT2D eigenvalue weighted by atomic mass is 32.2. The normalized spacial score (nSPS) is 11.8. The lowest BCUT2D eigenvalue weighted by atomic mass is 10.3. The van der Waals surface area contributed by atoms with E-state index in [-0.39, 0.29) is 30.3 Å². The van der Waals surface area contributed by atoms with Gasteiger partial charge in [-0.3, -0.25) is 10.1 Å². The van der Waals surface area contributed by atoms with E-state index in [4.69, 9.17) is 5.11 Å². The summed E-state index contributed by atoms with van der Waals surface area (Å²) >= 11 is 0. The zero-order valence-electron chi connectivity index (χ0n) is 11.2. The average Bonchev–Trinajstić information content (AvgIpc) is 2.43. The van der Waals surface area contributed by atoms with Gasteiger partial charge in [-0.15, -0.1) is 0 Å². The van der Waals surface area contributed by atoms with Crippen molar-refractivity contribution in [1.29, 1.82) is 0 Å². The van der Waals surface area contributed by atoms with Crippen molar-refractivity contribution in [3.8, 4) is 0 Å². The van der Waals surface area contributed by atoms with Crippen molar-refractivity contribution in [2.24, 2.45) is 0 Å². The first kappa shape index (κ1) is 16.5. The van der Waals surface area contributed by atoms with Crippen molar-refractivity contribution in [1.82, 2.24) is 4.31 Å². The minimum Gasteiger partial charge on any atom is -0.395 e. The highest BCUT2D eigenvalue weighted by Crippen LogP contribution is 2.21. The monoisotopic (exact) mass is 302 g/mol. The maximum Gasteiger partial charge on any atom is 0.270 e. The van der Waals surface area contributed by atoms with Crippen LogP contribution in [0.1, 0.15) is 19.8 Å². The van der Waals surface area contributed by atoms with E-state index in [1.54, 1.807) is 0 Å². The minimum atomic E-state index is -3.82. The van der Waals surface area contributed by atoms with Gasteiger partial charge in [-0.2, -0.15) is 4.31 Å². The second-order valence-electron chi connectivity index (χ2n) is 4.24. The first-order valence-electron chi connectivity index (χ1n) is 6.29. The second-order valence-corrected chi connectivity index (χ2v) is 6.17. The maximum absolute atomic E-state index is 12.4. The van der Waals surface area contributed by atoms with Crippen molar-refractivity contribution < 1.29 is 18.4 Å². The molecule has 0 aliphatic carbocycles.